The average molecular weight is 288 g/mol. The minimum atomic E-state index is 0.00699. The van der Waals surface area contributed by atoms with Crippen molar-refractivity contribution in [3.8, 4) is 0 Å². The smallest absolute Gasteiger partial charge is 0.251 e. The summed E-state index contributed by atoms with van der Waals surface area (Å²) in [6, 6.07) is 8.25. The van der Waals surface area contributed by atoms with E-state index in [0.29, 0.717) is 18.2 Å². The SMILES string of the molecule is CCCNC(=O)c1cccc(NC2CC3CCC(C2)O3)c1. The second kappa shape index (κ2) is 6.48. The van der Waals surface area contributed by atoms with Gasteiger partial charge in [0, 0.05) is 23.8 Å². The van der Waals surface area contributed by atoms with Crippen molar-refractivity contribution in [1.82, 2.24) is 5.32 Å². The largest absolute Gasteiger partial charge is 0.382 e. The first kappa shape index (κ1) is 14.4. The molecule has 2 unspecified atom stereocenters. The van der Waals surface area contributed by atoms with Crippen molar-refractivity contribution in [3.63, 3.8) is 0 Å². The van der Waals surface area contributed by atoms with Crippen LogP contribution in [0.15, 0.2) is 24.3 Å². The summed E-state index contributed by atoms with van der Waals surface area (Å²) in [6.45, 7) is 2.78. The van der Waals surface area contributed by atoms with Crippen LogP contribution < -0.4 is 10.6 Å². The molecule has 4 nitrogen and oxygen atoms in total. The number of benzene rings is 1. The molecule has 0 radical (unpaired) electrons. The Kier molecular flexibility index (Phi) is 4.44. The number of rotatable bonds is 5. The van der Waals surface area contributed by atoms with Gasteiger partial charge in [-0.1, -0.05) is 13.0 Å². The third-order valence-electron chi connectivity index (χ3n) is 4.32. The lowest BCUT2D eigenvalue weighted by Crippen LogP contribution is -2.34. The number of carbonyl (C=O) groups is 1. The summed E-state index contributed by atoms with van der Waals surface area (Å²) in [6.07, 6.45) is 6.35. The van der Waals surface area contributed by atoms with Crippen molar-refractivity contribution in [3.05, 3.63) is 29.8 Å². The second-order valence-corrected chi connectivity index (χ2v) is 6.11. The maximum atomic E-state index is 12.0. The third kappa shape index (κ3) is 3.56. The van der Waals surface area contributed by atoms with E-state index in [1.54, 1.807) is 0 Å². The van der Waals surface area contributed by atoms with Gasteiger partial charge in [-0.05, 0) is 50.3 Å². The Bertz CT molecular complexity index is 491. The van der Waals surface area contributed by atoms with Crippen molar-refractivity contribution in [2.75, 3.05) is 11.9 Å². The minimum Gasteiger partial charge on any atom is -0.382 e. The van der Waals surface area contributed by atoms with Gasteiger partial charge in [0.05, 0.1) is 12.2 Å². The van der Waals surface area contributed by atoms with Crippen LogP contribution in [0.2, 0.25) is 0 Å². The highest BCUT2D eigenvalue weighted by Crippen LogP contribution is 2.33. The van der Waals surface area contributed by atoms with Crippen molar-refractivity contribution in [2.45, 2.75) is 57.3 Å². The van der Waals surface area contributed by atoms with E-state index >= 15 is 0 Å². The molecule has 2 fully saturated rings. The van der Waals surface area contributed by atoms with Gasteiger partial charge in [-0.25, -0.2) is 0 Å². The molecule has 1 amide bonds. The molecule has 1 aromatic carbocycles. The number of hydrogen-bond acceptors (Lipinski definition) is 3. The Hall–Kier alpha value is -1.55. The fourth-order valence-electron chi connectivity index (χ4n) is 3.30. The summed E-state index contributed by atoms with van der Waals surface area (Å²) in [7, 11) is 0. The van der Waals surface area contributed by atoms with Crippen LogP contribution in [0.5, 0.6) is 0 Å². The first-order valence-electron chi connectivity index (χ1n) is 8.05. The molecule has 2 aliphatic rings. The first-order valence-corrected chi connectivity index (χ1v) is 8.05. The zero-order chi connectivity index (χ0) is 14.7. The van der Waals surface area contributed by atoms with Gasteiger partial charge in [0.1, 0.15) is 0 Å². The van der Waals surface area contributed by atoms with Crippen LogP contribution in [0.3, 0.4) is 0 Å². The van der Waals surface area contributed by atoms with Crippen molar-refractivity contribution in [1.29, 1.82) is 0 Å². The Balaban J connectivity index is 1.62. The molecule has 114 valence electrons. The Morgan fingerprint density at radius 1 is 1.29 bits per heavy atom. The van der Waals surface area contributed by atoms with Crippen LogP contribution >= 0.6 is 0 Å². The molecule has 4 heteroatoms. The standard InChI is InChI=1S/C17H24N2O2/c1-2-8-18-17(20)12-4-3-5-13(9-12)19-14-10-15-6-7-16(11-14)21-15/h3-5,9,14-16,19H,2,6-8,10-11H2,1H3,(H,18,20). The van der Waals surface area contributed by atoms with Gasteiger partial charge >= 0.3 is 0 Å². The number of amides is 1. The summed E-state index contributed by atoms with van der Waals surface area (Å²) in [4.78, 5) is 12.0. The minimum absolute atomic E-state index is 0.00699. The summed E-state index contributed by atoms with van der Waals surface area (Å²) < 4.78 is 5.87. The van der Waals surface area contributed by atoms with Gasteiger partial charge in [0.15, 0.2) is 0 Å². The molecule has 0 aromatic heterocycles. The van der Waals surface area contributed by atoms with E-state index in [2.05, 4.69) is 17.6 Å². The number of fused-ring (bicyclic) bond motifs is 2. The van der Waals surface area contributed by atoms with E-state index in [0.717, 1.165) is 37.1 Å². The van der Waals surface area contributed by atoms with Crippen LogP contribution in [0, 0.1) is 0 Å². The van der Waals surface area contributed by atoms with Crippen molar-refractivity contribution >= 4 is 11.6 Å². The van der Waals surface area contributed by atoms with E-state index in [1.165, 1.54) is 12.8 Å². The highest BCUT2D eigenvalue weighted by molar-refractivity contribution is 5.95. The highest BCUT2D eigenvalue weighted by Gasteiger charge is 2.34. The van der Waals surface area contributed by atoms with E-state index in [9.17, 15) is 4.79 Å². The maximum absolute atomic E-state index is 12.0. The number of hydrogen-bond donors (Lipinski definition) is 2. The quantitative estimate of drug-likeness (QED) is 0.876. The molecule has 0 spiro atoms. The highest BCUT2D eigenvalue weighted by atomic mass is 16.5. The van der Waals surface area contributed by atoms with Gasteiger partial charge in [0.2, 0.25) is 0 Å². The van der Waals surface area contributed by atoms with Crippen molar-refractivity contribution in [2.24, 2.45) is 0 Å². The molecule has 3 rings (SSSR count). The summed E-state index contributed by atoms with van der Waals surface area (Å²) >= 11 is 0. The number of ether oxygens (including phenoxy) is 1. The molecule has 2 N–H and O–H groups in total. The van der Waals surface area contributed by atoms with Crippen LogP contribution in [0.25, 0.3) is 0 Å². The van der Waals surface area contributed by atoms with Crippen molar-refractivity contribution < 1.29 is 9.53 Å². The van der Waals surface area contributed by atoms with Gasteiger partial charge in [-0.2, -0.15) is 0 Å². The van der Waals surface area contributed by atoms with Crippen LogP contribution in [0.4, 0.5) is 5.69 Å². The van der Waals surface area contributed by atoms with Crippen LogP contribution in [-0.2, 0) is 4.74 Å². The topological polar surface area (TPSA) is 50.4 Å². The van der Waals surface area contributed by atoms with Crippen LogP contribution in [-0.4, -0.2) is 30.7 Å². The Morgan fingerprint density at radius 2 is 2.05 bits per heavy atom. The second-order valence-electron chi connectivity index (χ2n) is 6.11. The van der Waals surface area contributed by atoms with Crippen LogP contribution in [0.1, 0.15) is 49.4 Å². The van der Waals surface area contributed by atoms with Gasteiger partial charge < -0.3 is 15.4 Å². The molecule has 2 aliphatic heterocycles. The number of nitrogens with one attached hydrogen (secondary N) is 2. The summed E-state index contributed by atoms with van der Waals surface area (Å²) in [5.41, 5.74) is 1.76. The normalized spacial score (nSPS) is 27.4. The van der Waals surface area contributed by atoms with E-state index in [4.69, 9.17) is 4.74 Å². The number of carbonyl (C=O) groups excluding carboxylic acids is 1. The van der Waals surface area contributed by atoms with E-state index in [-0.39, 0.29) is 5.91 Å². The molecule has 2 heterocycles. The lowest BCUT2D eigenvalue weighted by atomic mass is 10.0. The monoisotopic (exact) mass is 288 g/mol. The van der Waals surface area contributed by atoms with Gasteiger partial charge in [-0.15, -0.1) is 0 Å². The zero-order valence-electron chi connectivity index (χ0n) is 12.6. The molecule has 0 saturated carbocycles. The van der Waals surface area contributed by atoms with E-state index in [1.807, 2.05) is 24.3 Å². The molecule has 21 heavy (non-hydrogen) atoms. The van der Waals surface area contributed by atoms with Gasteiger partial charge in [-0.3, -0.25) is 4.79 Å². The average Bonchev–Trinajstić information content (AvgIpc) is 2.84. The summed E-state index contributed by atoms with van der Waals surface area (Å²) in [5, 5.41) is 6.49. The number of anilines is 1. The molecule has 2 bridgehead atoms. The Morgan fingerprint density at radius 3 is 2.76 bits per heavy atom. The summed E-state index contributed by atoms with van der Waals surface area (Å²) in [5.74, 6) is 0.00699. The Labute approximate surface area is 126 Å². The van der Waals surface area contributed by atoms with E-state index < -0.39 is 0 Å². The lowest BCUT2D eigenvalue weighted by molar-refractivity contribution is 0.000701. The lowest BCUT2D eigenvalue weighted by Gasteiger charge is -2.29. The third-order valence-corrected chi connectivity index (χ3v) is 4.32. The molecule has 1 aromatic rings. The maximum Gasteiger partial charge on any atom is 0.251 e. The fourth-order valence-corrected chi connectivity index (χ4v) is 3.30. The molecular formula is C17H24N2O2. The zero-order valence-corrected chi connectivity index (χ0v) is 12.6. The first-order chi connectivity index (χ1) is 10.2. The predicted molar refractivity (Wildman–Crippen MR) is 83.6 cm³/mol. The van der Waals surface area contributed by atoms with Gasteiger partial charge in [0.25, 0.3) is 5.91 Å². The molecular weight excluding hydrogens is 264 g/mol. The molecule has 2 atom stereocenters. The predicted octanol–water partition coefficient (Wildman–Crippen LogP) is 2.95. The fraction of sp³-hybridized carbons (Fsp3) is 0.588. The molecule has 2 saturated heterocycles. The molecule has 0 aliphatic carbocycles.